The molecule has 1 aromatic heterocycles. The number of aromatic nitrogens is 2. The Balaban J connectivity index is 3.08. The maximum absolute atomic E-state index is 11.4. The minimum absolute atomic E-state index is 0.0219. The van der Waals surface area contributed by atoms with Gasteiger partial charge in [-0.05, 0) is 6.92 Å². The van der Waals surface area contributed by atoms with Crippen molar-refractivity contribution in [1.29, 1.82) is 0 Å². The van der Waals surface area contributed by atoms with E-state index in [0.29, 0.717) is 23.8 Å². The first-order valence-electron chi connectivity index (χ1n) is 4.29. The van der Waals surface area contributed by atoms with Crippen molar-refractivity contribution in [3.63, 3.8) is 0 Å². The highest BCUT2D eigenvalue weighted by molar-refractivity contribution is 6.33. The number of halogens is 1. The van der Waals surface area contributed by atoms with Gasteiger partial charge in [0, 0.05) is 13.1 Å². The maximum atomic E-state index is 11.4. The van der Waals surface area contributed by atoms with E-state index in [-0.39, 0.29) is 12.2 Å². The number of likely N-dealkylation sites (N-methyl/N-ethyl adjacent to an activating group) is 1. The Morgan fingerprint density at radius 2 is 2.43 bits per heavy atom. The number of nitrogens with zero attached hydrogens (tertiary/aromatic N) is 2. The highest BCUT2D eigenvalue weighted by Gasteiger charge is 2.12. The molecule has 0 saturated heterocycles. The third kappa shape index (κ3) is 2.24. The predicted octanol–water partition coefficient (Wildman–Crippen LogP) is 0.242. The van der Waals surface area contributed by atoms with E-state index < -0.39 is 0 Å². The maximum Gasteiger partial charge on any atom is 0.289 e. The molecule has 1 heterocycles. The number of anilines is 1. The van der Waals surface area contributed by atoms with Crippen molar-refractivity contribution < 1.29 is 5.11 Å². The van der Waals surface area contributed by atoms with Crippen LogP contribution in [0.15, 0.2) is 11.0 Å². The summed E-state index contributed by atoms with van der Waals surface area (Å²) in [5.41, 5.74) is 0.0195. The zero-order valence-corrected chi connectivity index (χ0v) is 8.58. The van der Waals surface area contributed by atoms with E-state index in [4.69, 9.17) is 16.7 Å². The summed E-state index contributed by atoms with van der Waals surface area (Å²) >= 11 is 5.83. The minimum Gasteiger partial charge on any atom is -0.395 e. The van der Waals surface area contributed by atoms with Crippen molar-refractivity contribution in [2.75, 3.05) is 24.6 Å². The molecule has 0 aromatic carbocycles. The molecule has 1 rings (SSSR count). The SMILES string of the molecule is CCN(CCO)c1c(Cl)cn[nH]c1=O. The molecule has 0 radical (unpaired) electrons. The average molecular weight is 218 g/mol. The quantitative estimate of drug-likeness (QED) is 0.758. The van der Waals surface area contributed by atoms with E-state index in [1.54, 1.807) is 4.90 Å². The fourth-order valence-electron chi connectivity index (χ4n) is 1.21. The molecule has 14 heavy (non-hydrogen) atoms. The van der Waals surface area contributed by atoms with E-state index in [2.05, 4.69) is 10.2 Å². The topological polar surface area (TPSA) is 69.2 Å². The number of aromatic amines is 1. The number of nitrogens with one attached hydrogen (secondary N) is 1. The molecular weight excluding hydrogens is 206 g/mol. The van der Waals surface area contributed by atoms with Crippen molar-refractivity contribution >= 4 is 17.3 Å². The molecule has 2 N–H and O–H groups in total. The van der Waals surface area contributed by atoms with Crippen molar-refractivity contribution in [3.05, 3.63) is 21.6 Å². The summed E-state index contributed by atoms with van der Waals surface area (Å²) in [6.07, 6.45) is 1.37. The van der Waals surface area contributed by atoms with Crippen LogP contribution < -0.4 is 10.5 Å². The number of aliphatic hydroxyl groups is 1. The summed E-state index contributed by atoms with van der Waals surface area (Å²) in [6.45, 7) is 2.84. The monoisotopic (exact) mass is 217 g/mol. The lowest BCUT2D eigenvalue weighted by Crippen LogP contribution is -2.32. The molecule has 1 aromatic rings. The number of aliphatic hydroxyl groups excluding tert-OH is 1. The molecular formula is C8H12ClN3O2. The van der Waals surface area contributed by atoms with E-state index in [1.165, 1.54) is 6.20 Å². The van der Waals surface area contributed by atoms with Crippen LogP contribution in [0.25, 0.3) is 0 Å². The highest BCUT2D eigenvalue weighted by Crippen LogP contribution is 2.18. The molecule has 0 bridgehead atoms. The van der Waals surface area contributed by atoms with E-state index in [1.807, 2.05) is 6.92 Å². The van der Waals surface area contributed by atoms with Gasteiger partial charge in [0.1, 0.15) is 5.69 Å². The van der Waals surface area contributed by atoms with Crippen LogP contribution in [0.2, 0.25) is 5.02 Å². The molecule has 0 aliphatic carbocycles. The van der Waals surface area contributed by atoms with Crippen LogP contribution in [0.5, 0.6) is 0 Å². The molecule has 6 heteroatoms. The Labute approximate surface area is 86.3 Å². The third-order valence-corrected chi connectivity index (χ3v) is 2.13. The average Bonchev–Trinajstić information content (AvgIpc) is 2.16. The normalized spacial score (nSPS) is 10.2. The van der Waals surface area contributed by atoms with E-state index in [0.717, 1.165) is 0 Å². The van der Waals surface area contributed by atoms with Crippen LogP contribution in [0.3, 0.4) is 0 Å². The second-order valence-electron chi connectivity index (χ2n) is 2.70. The van der Waals surface area contributed by atoms with Gasteiger partial charge in [0.2, 0.25) is 0 Å². The number of H-pyrrole nitrogens is 1. The third-order valence-electron chi connectivity index (χ3n) is 1.85. The van der Waals surface area contributed by atoms with Gasteiger partial charge in [0.15, 0.2) is 0 Å². The first-order chi connectivity index (χ1) is 6.70. The van der Waals surface area contributed by atoms with Crippen molar-refractivity contribution in [2.24, 2.45) is 0 Å². The first-order valence-corrected chi connectivity index (χ1v) is 4.67. The second kappa shape index (κ2) is 4.97. The lowest BCUT2D eigenvalue weighted by Gasteiger charge is -2.21. The Hall–Kier alpha value is -1.07. The Bertz CT molecular complexity index is 353. The van der Waals surface area contributed by atoms with Gasteiger partial charge in [-0.2, -0.15) is 5.10 Å². The van der Waals surface area contributed by atoms with Crippen LogP contribution in [-0.2, 0) is 0 Å². The molecule has 0 aliphatic heterocycles. The van der Waals surface area contributed by atoms with Crippen molar-refractivity contribution in [1.82, 2.24) is 10.2 Å². The molecule has 0 amide bonds. The van der Waals surface area contributed by atoms with Gasteiger partial charge < -0.3 is 10.0 Å². The van der Waals surface area contributed by atoms with Gasteiger partial charge in [0.25, 0.3) is 5.56 Å². The fraction of sp³-hybridized carbons (Fsp3) is 0.500. The molecule has 78 valence electrons. The first kappa shape index (κ1) is 11.0. The largest absolute Gasteiger partial charge is 0.395 e. The lowest BCUT2D eigenvalue weighted by atomic mass is 10.4. The lowest BCUT2D eigenvalue weighted by molar-refractivity contribution is 0.302. The molecule has 5 nitrogen and oxygen atoms in total. The Morgan fingerprint density at radius 3 is 2.93 bits per heavy atom. The van der Waals surface area contributed by atoms with Crippen LogP contribution in [0, 0.1) is 0 Å². The number of hydrogen-bond acceptors (Lipinski definition) is 4. The zero-order valence-electron chi connectivity index (χ0n) is 7.83. The van der Waals surface area contributed by atoms with Gasteiger partial charge in [-0.25, -0.2) is 5.10 Å². The molecule has 0 spiro atoms. The van der Waals surface area contributed by atoms with Gasteiger partial charge in [-0.15, -0.1) is 0 Å². The second-order valence-corrected chi connectivity index (χ2v) is 3.11. The Morgan fingerprint density at radius 1 is 1.71 bits per heavy atom. The van der Waals surface area contributed by atoms with Crippen molar-refractivity contribution in [2.45, 2.75) is 6.92 Å². The molecule has 0 aliphatic rings. The van der Waals surface area contributed by atoms with Gasteiger partial charge in [-0.1, -0.05) is 11.6 Å². The van der Waals surface area contributed by atoms with Gasteiger partial charge in [-0.3, -0.25) is 4.79 Å². The highest BCUT2D eigenvalue weighted by atomic mass is 35.5. The van der Waals surface area contributed by atoms with Gasteiger partial charge in [0.05, 0.1) is 17.8 Å². The number of hydrogen-bond donors (Lipinski definition) is 2. The van der Waals surface area contributed by atoms with Crippen LogP contribution in [-0.4, -0.2) is 35.0 Å². The summed E-state index contributed by atoms with van der Waals surface area (Å²) in [4.78, 5) is 13.1. The Kier molecular flexibility index (Phi) is 3.91. The molecule has 0 fully saturated rings. The van der Waals surface area contributed by atoms with Crippen molar-refractivity contribution in [3.8, 4) is 0 Å². The summed E-state index contributed by atoms with van der Waals surface area (Å²) in [5.74, 6) is 0. The standard InChI is InChI=1S/C8H12ClN3O2/c1-2-12(3-4-13)7-6(9)5-10-11-8(7)14/h5,13H,2-4H2,1H3,(H,11,14). The fourth-order valence-corrected chi connectivity index (χ4v) is 1.47. The smallest absolute Gasteiger partial charge is 0.289 e. The van der Waals surface area contributed by atoms with Gasteiger partial charge >= 0.3 is 0 Å². The summed E-state index contributed by atoms with van der Waals surface area (Å²) in [7, 11) is 0. The van der Waals surface area contributed by atoms with Crippen LogP contribution >= 0.6 is 11.6 Å². The molecule has 0 unspecified atom stereocenters. The molecule has 0 atom stereocenters. The van der Waals surface area contributed by atoms with Crippen LogP contribution in [0.4, 0.5) is 5.69 Å². The van der Waals surface area contributed by atoms with Crippen LogP contribution in [0.1, 0.15) is 6.92 Å². The summed E-state index contributed by atoms with van der Waals surface area (Å²) in [6, 6.07) is 0. The van der Waals surface area contributed by atoms with E-state index in [9.17, 15) is 4.79 Å². The number of rotatable bonds is 4. The van der Waals surface area contributed by atoms with E-state index >= 15 is 0 Å². The zero-order chi connectivity index (χ0) is 10.6. The predicted molar refractivity (Wildman–Crippen MR) is 54.8 cm³/mol. The summed E-state index contributed by atoms with van der Waals surface area (Å²) < 4.78 is 0. The molecule has 0 saturated carbocycles. The summed E-state index contributed by atoms with van der Waals surface area (Å²) in [5, 5.41) is 15.0. The minimum atomic E-state index is -0.340.